The molecule has 2 aliphatic rings. The number of urea groups is 1. The Morgan fingerprint density at radius 2 is 1.76 bits per heavy atom. The molecule has 0 aliphatic carbocycles. The van der Waals surface area contributed by atoms with Crippen LogP contribution in [0.1, 0.15) is 18.1 Å². The van der Waals surface area contributed by atoms with Crippen LogP contribution in [0.3, 0.4) is 0 Å². The number of benzene rings is 1. The second-order valence-electron chi connectivity index (χ2n) is 5.19. The van der Waals surface area contributed by atoms with Crippen LogP contribution in [0.4, 0.5) is 4.79 Å². The average Bonchev–Trinajstić information content (AvgIpc) is 2.74. The van der Waals surface area contributed by atoms with Crippen molar-refractivity contribution in [1.29, 1.82) is 0 Å². The van der Waals surface area contributed by atoms with Gasteiger partial charge in [-0.2, -0.15) is 0 Å². The first-order chi connectivity index (χ1) is 10.1. The van der Waals surface area contributed by atoms with Crippen molar-refractivity contribution in [2.45, 2.75) is 25.9 Å². The molecular weight excluding hydrogens is 272 g/mol. The lowest BCUT2D eigenvalue weighted by Gasteiger charge is -2.29. The highest BCUT2D eigenvalue weighted by atomic mass is 16.5. The summed E-state index contributed by atoms with van der Waals surface area (Å²) in [5.74, 6) is 1.18. The summed E-state index contributed by atoms with van der Waals surface area (Å²) >= 11 is 0. The van der Waals surface area contributed by atoms with Gasteiger partial charge in [0.15, 0.2) is 11.5 Å². The van der Waals surface area contributed by atoms with Crippen molar-refractivity contribution in [3.8, 4) is 11.5 Å². The quantitative estimate of drug-likeness (QED) is 0.790. The third-order valence-electron chi connectivity index (χ3n) is 4.18. The Balaban J connectivity index is 2.00. The van der Waals surface area contributed by atoms with Gasteiger partial charge in [0.2, 0.25) is 0 Å². The number of nitrogens with zero attached hydrogens (tertiary/aromatic N) is 2. The maximum Gasteiger partial charge on any atom is 0.327 e. The average molecular weight is 290 g/mol. The first kappa shape index (κ1) is 13.7. The number of carbonyl (C=O) groups excluding carboxylic acids is 2. The Morgan fingerprint density at radius 1 is 1.14 bits per heavy atom. The molecule has 3 amide bonds. The van der Waals surface area contributed by atoms with Crippen LogP contribution in [0.25, 0.3) is 0 Å². The molecule has 0 N–H and O–H groups in total. The van der Waals surface area contributed by atoms with E-state index in [0.29, 0.717) is 31.0 Å². The van der Waals surface area contributed by atoms with E-state index in [1.54, 1.807) is 19.1 Å². The number of rotatable bonds is 3. The molecule has 6 nitrogen and oxygen atoms in total. The SMILES string of the molecule is CCN1C(=O)C2Cc3cc(OC)c(OC)cc3CN2C1=O. The lowest BCUT2D eigenvalue weighted by Crippen LogP contribution is -2.40. The van der Waals surface area contributed by atoms with Crippen molar-refractivity contribution >= 4 is 11.9 Å². The molecule has 3 rings (SSSR count). The number of methoxy groups -OCH3 is 2. The van der Waals surface area contributed by atoms with E-state index < -0.39 is 0 Å². The molecular formula is C15H18N2O4. The van der Waals surface area contributed by atoms with Gasteiger partial charge in [0.05, 0.1) is 14.2 Å². The summed E-state index contributed by atoms with van der Waals surface area (Å²) < 4.78 is 10.6. The van der Waals surface area contributed by atoms with Crippen LogP contribution >= 0.6 is 0 Å². The maximum absolute atomic E-state index is 12.3. The van der Waals surface area contributed by atoms with Gasteiger partial charge in [0.1, 0.15) is 6.04 Å². The summed E-state index contributed by atoms with van der Waals surface area (Å²) in [6.07, 6.45) is 0.525. The van der Waals surface area contributed by atoms with Gasteiger partial charge in [0.25, 0.3) is 5.91 Å². The summed E-state index contributed by atoms with van der Waals surface area (Å²) in [6.45, 7) is 2.66. The lowest BCUT2D eigenvalue weighted by atomic mass is 9.94. The minimum absolute atomic E-state index is 0.108. The van der Waals surface area contributed by atoms with E-state index in [0.717, 1.165) is 11.1 Å². The molecule has 0 aromatic heterocycles. The van der Waals surface area contributed by atoms with Gasteiger partial charge in [-0.05, 0) is 30.2 Å². The molecule has 1 fully saturated rings. The Kier molecular flexibility index (Phi) is 3.23. The molecule has 1 saturated heterocycles. The smallest absolute Gasteiger partial charge is 0.327 e. The van der Waals surface area contributed by atoms with Gasteiger partial charge in [0, 0.05) is 19.5 Å². The summed E-state index contributed by atoms with van der Waals surface area (Å²) in [5.41, 5.74) is 2.04. The number of ether oxygens (including phenoxy) is 2. The third kappa shape index (κ3) is 1.93. The number of imide groups is 1. The Hall–Kier alpha value is -2.24. The van der Waals surface area contributed by atoms with Gasteiger partial charge in [-0.25, -0.2) is 4.79 Å². The second kappa shape index (κ2) is 4.95. The molecule has 2 heterocycles. The number of amides is 3. The van der Waals surface area contributed by atoms with Crippen molar-refractivity contribution in [1.82, 2.24) is 9.80 Å². The maximum atomic E-state index is 12.3. The van der Waals surface area contributed by atoms with Crippen molar-refractivity contribution < 1.29 is 19.1 Å². The number of carbonyl (C=O) groups is 2. The number of hydrogen-bond acceptors (Lipinski definition) is 4. The van der Waals surface area contributed by atoms with Gasteiger partial charge in [-0.3, -0.25) is 9.69 Å². The highest BCUT2D eigenvalue weighted by molar-refractivity contribution is 6.04. The van der Waals surface area contributed by atoms with Gasteiger partial charge >= 0.3 is 6.03 Å². The van der Waals surface area contributed by atoms with E-state index in [1.807, 2.05) is 19.1 Å². The topological polar surface area (TPSA) is 59.1 Å². The van der Waals surface area contributed by atoms with Crippen molar-refractivity contribution in [2.24, 2.45) is 0 Å². The van der Waals surface area contributed by atoms with E-state index in [1.165, 1.54) is 4.90 Å². The summed E-state index contributed by atoms with van der Waals surface area (Å²) in [5, 5.41) is 0. The molecule has 112 valence electrons. The molecule has 21 heavy (non-hydrogen) atoms. The summed E-state index contributed by atoms with van der Waals surface area (Å²) in [6, 6.07) is 3.20. The van der Waals surface area contributed by atoms with Crippen LogP contribution in [-0.2, 0) is 17.8 Å². The molecule has 1 atom stereocenters. The van der Waals surface area contributed by atoms with E-state index in [-0.39, 0.29) is 18.0 Å². The predicted octanol–water partition coefficient (Wildman–Crippen LogP) is 1.41. The number of fused-ring (bicyclic) bond motifs is 2. The Labute approximate surface area is 123 Å². The number of likely N-dealkylation sites (N-methyl/N-ethyl adjacent to an activating group) is 1. The fourth-order valence-electron chi connectivity index (χ4n) is 3.05. The molecule has 0 bridgehead atoms. The minimum atomic E-state index is -0.386. The van der Waals surface area contributed by atoms with Crippen LogP contribution in [-0.4, -0.2) is 48.5 Å². The van der Waals surface area contributed by atoms with Crippen LogP contribution in [0, 0.1) is 0 Å². The highest BCUT2D eigenvalue weighted by Gasteiger charge is 2.46. The monoisotopic (exact) mass is 290 g/mol. The first-order valence-corrected chi connectivity index (χ1v) is 6.96. The van der Waals surface area contributed by atoms with E-state index in [4.69, 9.17) is 9.47 Å². The Bertz CT molecular complexity index is 563. The number of hydrogen-bond donors (Lipinski definition) is 0. The zero-order valence-electron chi connectivity index (χ0n) is 12.4. The highest BCUT2D eigenvalue weighted by Crippen LogP contribution is 2.36. The molecule has 0 spiro atoms. The van der Waals surface area contributed by atoms with Gasteiger partial charge < -0.3 is 14.4 Å². The van der Waals surface area contributed by atoms with Crippen molar-refractivity contribution in [2.75, 3.05) is 20.8 Å². The summed E-state index contributed by atoms with van der Waals surface area (Å²) in [4.78, 5) is 27.5. The fourth-order valence-corrected chi connectivity index (χ4v) is 3.05. The molecule has 2 aliphatic heterocycles. The first-order valence-electron chi connectivity index (χ1n) is 6.96. The van der Waals surface area contributed by atoms with Crippen LogP contribution in [0.15, 0.2) is 12.1 Å². The van der Waals surface area contributed by atoms with Crippen molar-refractivity contribution in [3.63, 3.8) is 0 Å². The molecule has 1 aromatic rings. The molecule has 0 radical (unpaired) electrons. The molecule has 1 aromatic carbocycles. The van der Waals surface area contributed by atoms with Gasteiger partial charge in [-0.1, -0.05) is 0 Å². The van der Waals surface area contributed by atoms with E-state index in [9.17, 15) is 9.59 Å². The van der Waals surface area contributed by atoms with E-state index >= 15 is 0 Å². The zero-order chi connectivity index (χ0) is 15.1. The minimum Gasteiger partial charge on any atom is -0.493 e. The Morgan fingerprint density at radius 3 is 2.33 bits per heavy atom. The summed E-state index contributed by atoms with van der Waals surface area (Å²) in [7, 11) is 3.17. The lowest BCUT2D eigenvalue weighted by molar-refractivity contribution is -0.128. The largest absolute Gasteiger partial charge is 0.493 e. The normalized spacial score (nSPS) is 20.4. The zero-order valence-corrected chi connectivity index (χ0v) is 12.4. The molecule has 6 heteroatoms. The van der Waals surface area contributed by atoms with E-state index in [2.05, 4.69) is 0 Å². The van der Waals surface area contributed by atoms with Gasteiger partial charge in [-0.15, -0.1) is 0 Å². The van der Waals surface area contributed by atoms with Crippen LogP contribution in [0.5, 0.6) is 11.5 Å². The standard InChI is InChI=1S/C15H18N2O4/c1-4-16-14(18)11-5-9-6-12(20-2)13(21-3)7-10(9)8-17(11)15(16)19/h6-7,11H,4-5,8H2,1-3H3. The second-order valence-corrected chi connectivity index (χ2v) is 5.19. The van der Waals surface area contributed by atoms with Crippen molar-refractivity contribution in [3.05, 3.63) is 23.3 Å². The predicted molar refractivity (Wildman–Crippen MR) is 75.4 cm³/mol. The third-order valence-corrected chi connectivity index (χ3v) is 4.18. The van der Waals surface area contributed by atoms with Crippen LogP contribution < -0.4 is 9.47 Å². The molecule has 0 saturated carbocycles. The van der Waals surface area contributed by atoms with Crippen LogP contribution in [0.2, 0.25) is 0 Å². The molecule has 1 unspecified atom stereocenters. The fraction of sp³-hybridized carbons (Fsp3) is 0.467.